The molecule has 1 saturated heterocycles. The molecule has 11 heteroatoms. The second-order valence-electron chi connectivity index (χ2n) is 6.93. The van der Waals surface area contributed by atoms with Gasteiger partial charge in [-0.05, 0) is 34.7 Å². The number of hydrogen-bond donors (Lipinski definition) is 1. The van der Waals surface area contributed by atoms with Crippen molar-refractivity contribution >= 4 is 17.5 Å². The first-order chi connectivity index (χ1) is 15.0. The van der Waals surface area contributed by atoms with Gasteiger partial charge < -0.3 is 15.0 Å². The lowest BCUT2D eigenvalue weighted by molar-refractivity contribution is -0.126. The van der Waals surface area contributed by atoms with Crippen LogP contribution in [0.4, 0.5) is 14.5 Å². The maximum atomic E-state index is 13.5. The number of hydrogen-bond acceptors (Lipinski definition) is 6. The Kier molecular flexibility index (Phi) is 5.56. The fraction of sp³-hybridized carbons (Fsp3) is 0.250. The molecule has 3 aromatic rings. The van der Waals surface area contributed by atoms with Crippen LogP contribution in [0.15, 0.2) is 42.5 Å². The van der Waals surface area contributed by atoms with Gasteiger partial charge in [-0.2, -0.15) is 4.68 Å². The van der Waals surface area contributed by atoms with Crippen molar-refractivity contribution in [3.8, 4) is 11.4 Å². The number of nitrogens with zero attached hydrogens (tertiary/aromatic N) is 5. The summed E-state index contributed by atoms with van der Waals surface area (Å²) in [4.78, 5) is 26.6. The van der Waals surface area contributed by atoms with Crippen LogP contribution in [-0.4, -0.2) is 45.7 Å². The van der Waals surface area contributed by atoms with E-state index in [1.807, 2.05) is 0 Å². The molecular formula is C20H18F2N6O3. The van der Waals surface area contributed by atoms with Crippen LogP contribution in [0.25, 0.3) is 5.69 Å². The minimum absolute atomic E-state index is 0.0469. The molecule has 2 amide bonds. The Morgan fingerprint density at radius 1 is 1.19 bits per heavy atom. The Bertz CT molecular complexity index is 1140. The third kappa shape index (κ3) is 4.20. The second-order valence-corrected chi connectivity index (χ2v) is 6.93. The van der Waals surface area contributed by atoms with E-state index in [0.29, 0.717) is 11.4 Å². The lowest BCUT2D eigenvalue weighted by Crippen LogP contribution is -2.33. The van der Waals surface area contributed by atoms with Crippen LogP contribution in [-0.2, 0) is 16.1 Å². The van der Waals surface area contributed by atoms with E-state index in [0.717, 1.165) is 12.1 Å². The molecule has 1 aliphatic heterocycles. The smallest absolute Gasteiger partial charge is 0.227 e. The van der Waals surface area contributed by atoms with Crippen LogP contribution < -0.4 is 15.0 Å². The van der Waals surface area contributed by atoms with E-state index in [-0.39, 0.29) is 42.8 Å². The van der Waals surface area contributed by atoms with Crippen molar-refractivity contribution in [1.29, 1.82) is 0 Å². The third-order valence-corrected chi connectivity index (χ3v) is 4.96. The fourth-order valence-electron chi connectivity index (χ4n) is 3.35. The molecule has 4 rings (SSSR count). The van der Waals surface area contributed by atoms with Gasteiger partial charge in [0.1, 0.15) is 5.75 Å². The highest BCUT2D eigenvalue weighted by molar-refractivity contribution is 6.00. The highest BCUT2D eigenvalue weighted by Crippen LogP contribution is 2.28. The molecule has 0 aliphatic carbocycles. The van der Waals surface area contributed by atoms with Crippen LogP contribution in [0.1, 0.15) is 12.2 Å². The lowest BCUT2D eigenvalue weighted by atomic mass is 10.1. The summed E-state index contributed by atoms with van der Waals surface area (Å²) in [5.41, 5.74) is 0.871. The number of nitrogens with one attached hydrogen (secondary N) is 1. The van der Waals surface area contributed by atoms with Crippen molar-refractivity contribution in [1.82, 2.24) is 25.5 Å². The first-order valence-electron chi connectivity index (χ1n) is 9.41. The van der Waals surface area contributed by atoms with Gasteiger partial charge in [0.15, 0.2) is 17.5 Å². The molecule has 1 aliphatic rings. The number of anilines is 1. The number of halogens is 2. The van der Waals surface area contributed by atoms with Gasteiger partial charge in [-0.1, -0.05) is 6.07 Å². The van der Waals surface area contributed by atoms with Crippen LogP contribution in [0.5, 0.6) is 5.75 Å². The third-order valence-electron chi connectivity index (χ3n) is 4.96. The van der Waals surface area contributed by atoms with E-state index in [4.69, 9.17) is 4.74 Å². The Morgan fingerprint density at radius 3 is 2.81 bits per heavy atom. The summed E-state index contributed by atoms with van der Waals surface area (Å²) in [6.45, 7) is 0.181. The van der Waals surface area contributed by atoms with E-state index in [2.05, 4.69) is 20.8 Å². The summed E-state index contributed by atoms with van der Waals surface area (Å²) < 4.78 is 33.1. The number of aromatic nitrogens is 4. The van der Waals surface area contributed by atoms with Crippen molar-refractivity contribution in [3.63, 3.8) is 0 Å². The van der Waals surface area contributed by atoms with Gasteiger partial charge in [-0.15, -0.1) is 5.10 Å². The van der Waals surface area contributed by atoms with Crippen LogP contribution in [0.2, 0.25) is 0 Å². The van der Waals surface area contributed by atoms with Gasteiger partial charge in [-0.25, -0.2) is 8.78 Å². The Balaban J connectivity index is 1.41. The molecular weight excluding hydrogens is 410 g/mol. The number of carbonyl (C=O) groups is 2. The van der Waals surface area contributed by atoms with Gasteiger partial charge >= 0.3 is 0 Å². The summed E-state index contributed by atoms with van der Waals surface area (Å²) in [5.74, 6) is -2.23. The number of amides is 2. The summed E-state index contributed by atoms with van der Waals surface area (Å²) >= 11 is 0. The molecule has 0 bridgehead atoms. The minimum Gasteiger partial charge on any atom is -0.497 e. The molecule has 1 fully saturated rings. The van der Waals surface area contributed by atoms with Gasteiger partial charge in [0.25, 0.3) is 0 Å². The topological polar surface area (TPSA) is 102 Å². The van der Waals surface area contributed by atoms with Crippen molar-refractivity contribution in [2.45, 2.75) is 13.0 Å². The standard InChI is InChI=1S/C20H18F2N6O3/c1-31-15-4-2-3-13(8-15)27-11-12(7-19(27)29)20(30)23-10-18-24-25-26-28(18)14-5-6-16(21)17(22)9-14/h2-6,8-9,12H,7,10-11H2,1H3,(H,23,30). The molecule has 0 radical (unpaired) electrons. The van der Waals surface area contributed by atoms with Crippen molar-refractivity contribution in [2.75, 3.05) is 18.6 Å². The number of methoxy groups -OCH3 is 1. The molecule has 1 N–H and O–H groups in total. The maximum absolute atomic E-state index is 13.5. The predicted molar refractivity (Wildman–Crippen MR) is 104 cm³/mol. The monoisotopic (exact) mass is 428 g/mol. The number of benzene rings is 2. The number of ether oxygens (including phenoxy) is 1. The number of carbonyl (C=O) groups excluding carboxylic acids is 2. The lowest BCUT2D eigenvalue weighted by Gasteiger charge is -2.17. The van der Waals surface area contributed by atoms with Crippen molar-refractivity contribution in [3.05, 3.63) is 59.9 Å². The minimum atomic E-state index is -1.04. The van der Waals surface area contributed by atoms with Gasteiger partial charge in [-0.3, -0.25) is 9.59 Å². The highest BCUT2D eigenvalue weighted by atomic mass is 19.2. The van der Waals surface area contributed by atoms with Crippen LogP contribution >= 0.6 is 0 Å². The first kappa shape index (κ1) is 20.4. The van der Waals surface area contributed by atoms with Crippen LogP contribution in [0, 0.1) is 17.6 Å². The van der Waals surface area contributed by atoms with Crippen molar-refractivity contribution in [2.24, 2.45) is 5.92 Å². The zero-order valence-electron chi connectivity index (χ0n) is 16.5. The Morgan fingerprint density at radius 2 is 2.03 bits per heavy atom. The zero-order valence-corrected chi connectivity index (χ0v) is 16.5. The summed E-state index contributed by atoms with van der Waals surface area (Å²) in [6.07, 6.45) is 0.0666. The molecule has 0 saturated carbocycles. The van der Waals surface area contributed by atoms with Gasteiger partial charge in [0.2, 0.25) is 11.8 Å². The highest BCUT2D eigenvalue weighted by Gasteiger charge is 2.35. The molecule has 1 unspecified atom stereocenters. The summed E-state index contributed by atoms with van der Waals surface area (Å²) in [7, 11) is 1.54. The predicted octanol–water partition coefficient (Wildman–Crippen LogP) is 1.62. The average Bonchev–Trinajstić information content (AvgIpc) is 3.40. The van der Waals surface area contributed by atoms with Gasteiger partial charge in [0.05, 0.1) is 25.3 Å². The molecule has 9 nitrogen and oxygen atoms in total. The van der Waals surface area contributed by atoms with Gasteiger partial charge in [0, 0.05) is 30.8 Å². The Hall–Kier alpha value is -3.89. The number of tetrazole rings is 1. The summed E-state index contributed by atoms with van der Waals surface area (Å²) in [6, 6.07) is 10.3. The van der Waals surface area contributed by atoms with E-state index in [9.17, 15) is 18.4 Å². The largest absolute Gasteiger partial charge is 0.497 e. The molecule has 0 spiro atoms. The quantitative estimate of drug-likeness (QED) is 0.640. The normalized spacial score (nSPS) is 15.9. The van der Waals surface area contributed by atoms with Crippen LogP contribution in [0.3, 0.4) is 0 Å². The molecule has 2 aromatic carbocycles. The average molecular weight is 428 g/mol. The first-order valence-corrected chi connectivity index (χ1v) is 9.41. The molecule has 2 heterocycles. The maximum Gasteiger partial charge on any atom is 0.227 e. The molecule has 160 valence electrons. The van der Waals surface area contributed by atoms with E-state index < -0.39 is 17.6 Å². The molecule has 1 aromatic heterocycles. The fourth-order valence-corrected chi connectivity index (χ4v) is 3.35. The summed E-state index contributed by atoms with van der Waals surface area (Å²) in [5, 5.41) is 13.8. The van der Waals surface area contributed by atoms with Crippen molar-refractivity contribution < 1.29 is 23.1 Å². The van der Waals surface area contributed by atoms with E-state index in [1.165, 1.54) is 22.8 Å². The molecule has 1 atom stereocenters. The SMILES string of the molecule is COc1cccc(N2CC(C(=O)NCc3nnnn3-c3ccc(F)c(F)c3)CC2=O)c1. The number of rotatable bonds is 6. The van der Waals surface area contributed by atoms with E-state index >= 15 is 0 Å². The zero-order chi connectivity index (χ0) is 22.0. The molecule has 31 heavy (non-hydrogen) atoms. The van der Waals surface area contributed by atoms with E-state index in [1.54, 1.807) is 24.3 Å². The second kappa shape index (κ2) is 8.46. The Labute approximate surface area is 175 Å².